The molecule has 0 unspecified atom stereocenters. The minimum absolute atomic E-state index is 0.0680. The van der Waals surface area contributed by atoms with Crippen LogP contribution in [0.15, 0.2) is 30.3 Å². The molecule has 17 heavy (non-hydrogen) atoms. The molecule has 0 saturated carbocycles. The van der Waals surface area contributed by atoms with Gasteiger partial charge in [-0.1, -0.05) is 23.7 Å². The second-order valence-electron chi connectivity index (χ2n) is 4.12. The predicted octanol–water partition coefficient (Wildman–Crippen LogP) is 1.95. The number of hydrogen-bond acceptors (Lipinski definition) is 2. The summed E-state index contributed by atoms with van der Waals surface area (Å²) in [7, 11) is 0. The van der Waals surface area contributed by atoms with Crippen molar-refractivity contribution in [3.8, 4) is 0 Å². The molecule has 4 heteroatoms. The lowest BCUT2D eigenvalue weighted by Crippen LogP contribution is -2.27. The first-order chi connectivity index (χ1) is 8.15. The van der Waals surface area contributed by atoms with E-state index in [1.165, 1.54) is 6.08 Å². The highest BCUT2D eigenvalue weighted by molar-refractivity contribution is 6.30. The van der Waals surface area contributed by atoms with Gasteiger partial charge in [-0.05, 0) is 30.2 Å². The van der Waals surface area contributed by atoms with E-state index < -0.39 is 0 Å². The molecular formula is C13H14ClNO2. The first kappa shape index (κ1) is 12.1. The zero-order chi connectivity index (χ0) is 12.3. The van der Waals surface area contributed by atoms with Crippen molar-refractivity contribution in [3.05, 3.63) is 40.9 Å². The Bertz CT molecular complexity index is 445. The van der Waals surface area contributed by atoms with Crippen LogP contribution in [-0.4, -0.2) is 35.1 Å². The summed E-state index contributed by atoms with van der Waals surface area (Å²) in [5.74, 6) is -0.0680. The summed E-state index contributed by atoms with van der Waals surface area (Å²) >= 11 is 5.84. The number of aliphatic hydroxyl groups is 1. The summed E-state index contributed by atoms with van der Waals surface area (Å²) in [6.07, 6.45) is 3.54. The Labute approximate surface area is 105 Å². The maximum atomic E-state index is 11.7. The standard InChI is InChI=1S/C13H14ClNO2/c14-11-3-1-2-10(8-11)4-5-13(17)15-7-6-12(16)9-15/h1-5,8,12,16H,6-7,9H2/b5-4+/t12-/m0/s1. The third kappa shape index (κ3) is 3.32. The van der Waals surface area contributed by atoms with Crippen molar-refractivity contribution in [1.29, 1.82) is 0 Å². The van der Waals surface area contributed by atoms with E-state index in [2.05, 4.69) is 0 Å². The maximum Gasteiger partial charge on any atom is 0.246 e. The Kier molecular flexibility index (Phi) is 3.82. The summed E-state index contributed by atoms with van der Waals surface area (Å²) in [5, 5.41) is 9.98. The molecule has 1 aliphatic rings. The third-order valence-corrected chi connectivity index (χ3v) is 2.98. The molecule has 1 atom stereocenters. The molecule has 1 aliphatic heterocycles. The number of β-amino-alcohol motifs (C(OH)–C–C–N with tert-alkyl or cyclic N) is 1. The Hall–Kier alpha value is -1.32. The predicted molar refractivity (Wildman–Crippen MR) is 67.7 cm³/mol. The van der Waals surface area contributed by atoms with E-state index >= 15 is 0 Å². The molecule has 1 saturated heterocycles. The van der Waals surface area contributed by atoms with E-state index in [0.717, 1.165) is 5.56 Å². The molecule has 1 heterocycles. The zero-order valence-corrected chi connectivity index (χ0v) is 10.1. The smallest absolute Gasteiger partial charge is 0.246 e. The molecule has 3 nitrogen and oxygen atoms in total. The minimum atomic E-state index is -0.376. The van der Waals surface area contributed by atoms with Gasteiger partial charge in [0.15, 0.2) is 0 Å². The minimum Gasteiger partial charge on any atom is -0.391 e. The molecule has 0 spiro atoms. The van der Waals surface area contributed by atoms with Crippen molar-refractivity contribution in [1.82, 2.24) is 4.90 Å². The van der Waals surface area contributed by atoms with Gasteiger partial charge in [0.25, 0.3) is 0 Å². The van der Waals surface area contributed by atoms with Gasteiger partial charge in [-0.15, -0.1) is 0 Å². The van der Waals surface area contributed by atoms with Crippen LogP contribution >= 0.6 is 11.6 Å². The normalized spacial score (nSPS) is 20.1. The van der Waals surface area contributed by atoms with Crippen LogP contribution in [-0.2, 0) is 4.79 Å². The van der Waals surface area contributed by atoms with Gasteiger partial charge in [-0.2, -0.15) is 0 Å². The Balaban J connectivity index is 1.98. The average Bonchev–Trinajstić information content (AvgIpc) is 2.73. The van der Waals surface area contributed by atoms with Crippen molar-refractivity contribution >= 4 is 23.6 Å². The summed E-state index contributed by atoms with van der Waals surface area (Å²) in [4.78, 5) is 13.4. The van der Waals surface area contributed by atoms with E-state index in [-0.39, 0.29) is 12.0 Å². The van der Waals surface area contributed by atoms with Gasteiger partial charge >= 0.3 is 0 Å². The molecule has 0 aliphatic carbocycles. The first-order valence-electron chi connectivity index (χ1n) is 5.56. The number of likely N-dealkylation sites (tertiary alicyclic amines) is 1. The van der Waals surface area contributed by atoms with Crippen LogP contribution in [0.2, 0.25) is 5.02 Å². The molecule has 1 N–H and O–H groups in total. The monoisotopic (exact) mass is 251 g/mol. The summed E-state index contributed by atoms with van der Waals surface area (Å²) in [6, 6.07) is 7.31. The average molecular weight is 252 g/mol. The van der Waals surface area contributed by atoms with Gasteiger partial charge in [0.2, 0.25) is 5.91 Å². The number of halogens is 1. The van der Waals surface area contributed by atoms with Crippen molar-refractivity contribution in [2.45, 2.75) is 12.5 Å². The molecule has 1 aromatic rings. The van der Waals surface area contributed by atoms with Crippen molar-refractivity contribution in [3.63, 3.8) is 0 Å². The fourth-order valence-electron chi connectivity index (χ4n) is 1.83. The number of rotatable bonds is 2. The van der Waals surface area contributed by atoms with Crippen molar-refractivity contribution in [2.24, 2.45) is 0 Å². The number of aliphatic hydroxyl groups excluding tert-OH is 1. The lowest BCUT2D eigenvalue weighted by molar-refractivity contribution is -0.125. The molecule has 1 amide bonds. The highest BCUT2D eigenvalue weighted by Gasteiger charge is 2.22. The Morgan fingerprint density at radius 3 is 3.00 bits per heavy atom. The second-order valence-corrected chi connectivity index (χ2v) is 4.55. The largest absolute Gasteiger partial charge is 0.391 e. The summed E-state index contributed by atoms with van der Waals surface area (Å²) in [5.41, 5.74) is 0.894. The van der Waals surface area contributed by atoms with E-state index in [9.17, 15) is 9.90 Å². The summed E-state index contributed by atoms with van der Waals surface area (Å²) < 4.78 is 0. The van der Waals surface area contributed by atoms with Crippen LogP contribution in [0.5, 0.6) is 0 Å². The molecule has 2 rings (SSSR count). The third-order valence-electron chi connectivity index (χ3n) is 2.74. The van der Waals surface area contributed by atoms with Crippen LogP contribution in [0.4, 0.5) is 0 Å². The Morgan fingerprint density at radius 2 is 2.35 bits per heavy atom. The molecular weight excluding hydrogens is 238 g/mol. The van der Waals surface area contributed by atoms with Gasteiger partial charge in [0.1, 0.15) is 0 Å². The number of nitrogens with zero attached hydrogens (tertiary/aromatic N) is 1. The van der Waals surface area contributed by atoms with E-state index in [1.807, 2.05) is 12.1 Å². The van der Waals surface area contributed by atoms with Crippen LogP contribution in [0.25, 0.3) is 6.08 Å². The maximum absolute atomic E-state index is 11.7. The van der Waals surface area contributed by atoms with E-state index in [1.54, 1.807) is 23.1 Å². The molecule has 90 valence electrons. The second kappa shape index (κ2) is 5.34. The summed E-state index contributed by atoms with van der Waals surface area (Å²) in [6.45, 7) is 1.05. The van der Waals surface area contributed by atoms with Crippen molar-refractivity contribution < 1.29 is 9.90 Å². The molecule has 0 bridgehead atoms. The topological polar surface area (TPSA) is 40.5 Å². The van der Waals surface area contributed by atoms with Crippen LogP contribution in [0.3, 0.4) is 0 Å². The van der Waals surface area contributed by atoms with Gasteiger partial charge in [0.05, 0.1) is 6.10 Å². The van der Waals surface area contributed by atoms with Crippen molar-refractivity contribution in [2.75, 3.05) is 13.1 Å². The highest BCUT2D eigenvalue weighted by atomic mass is 35.5. The lowest BCUT2D eigenvalue weighted by Gasteiger charge is -2.12. The number of hydrogen-bond donors (Lipinski definition) is 1. The van der Waals surface area contributed by atoms with Gasteiger partial charge in [0, 0.05) is 24.2 Å². The highest BCUT2D eigenvalue weighted by Crippen LogP contribution is 2.13. The molecule has 0 aromatic heterocycles. The first-order valence-corrected chi connectivity index (χ1v) is 5.93. The number of carbonyl (C=O) groups excluding carboxylic acids is 1. The van der Waals surface area contributed by atoms with Crippen LogP contribution in [0, 0.1) is 0 Å². The molecule has 1 aromatic carbocycles. The molecule has 1 fully saturated rings. The molecule has 0 radical (unpaired) electrons. The number of carbonyl (C=O) groups is 1. The van der Waals surface area contributed by atoms with E-state index in [0.29, 0.717) is 24.5 Å². The quantitative estimate of drug-likeness (QED) is 0.817. The zero-order valence-electron chi connectivity index (χ0n) is 9.34. The van der Waals surface area contributed by atoms with Crippen LogP contribution < -0.4 is 0 Å². The van der Waals surface area contributed by atoms with Gasteiger partial charge in [-0.3, -0.25) is 4.79 Å². The fraction of sp³-hybridized carbons (Fsp3) is 0.308. The SMILES string of the molecule is O=C(/C=C/c1cccc(Cl)c1)N1CC[C@H](O)C1. The number of amides is 1. The Morgan fingerprint density at radius 1 is 1.53 bits per heavy atom. The van der Waals surface area contributed by atoms with E-state index in [4.69, 9.17) is 11.6 Å². The lowest BCUT2D eigenvalue weighted by atomic mass is 10.2. The van der Waals surface area contributed by atoms with Crippen LogP contribution in [0.1, 0.15) is 12.0 Å². The fourth-order valence-corrected chi connectivity index (χ4v) is 2.02. The number of benzene rings is 1. The van der Waals surface area contributed by atoms with Gasteiger partial charge < -0.3 is 10.0 Å². The van der Waals surface area contributed by atoms with Gasteiger partial charge in [-0.25, -0.2) is 0 Å².